The maximum Gasteiger partial charge on any atom is 0.225 e. The second-order valence-corrected chi connectivity index (χ2v) is 9.27. The third-order valence-electron chi connectivity index (χ3n) is 6.68. The minimum absolute atomic E-state index is 0.117. The van der Waals surface area contributed by atoms with Gasteiger partial charge in [0.2, 0.25) is 5.91 Å². The Morgan fingerprint density at radius 2 is 1.65 bits per heavy atom. The topological polar surface area (TPSA) is 43.3 Å². The van der Waals surface area contributed by atoms with Gasteiger partial charge in [0.1, 0.15) is 11.6 Å². The highest BCUT2D eigenvalue weighted by Crippen LogP contribution is 2.37. The molecule has 1 amide bonds. The first-order chi connectivity index (χ1) is 18.0. The molecule has 1 atom stereocenters. The molecule has 37 heavy (non-hydrogen) atoms. The van der Waals surface area contributed by atoms with Gasteiger partial charge in [-0.1, -0.05) is 66.2 Å². The van der Waals surface area contributed by atoms with Gasteiger partial charge in [-0.05, 0) is 60.0 Å². The number of rotatable bonds is 8. The van der Waals surface area contributed by atoms with Crippen molar-refractivity contribution in [1.82, 2.24) is 4.57 Å². The fourth-order valence-electron chi connectivity index (χ4n) is 4.85. The van der Waals surface area contributed by atoms with Crippen LogP contribution in [-0.4, -0.2) is 17.6 Å². The van der Waals surface area contributed by atoms with Gasteiger partial charge < -0.3 is 14.6 Å². The highest BCUT2D eigenvalue weighted by atomic mass is 19.1. The Hall–Kier alpha value is -4.38. The summed E-state index contributed by atoms with van der Waals surface area (Å²) in [6.07, 6.45) is 2.18. The van der Waals surface area contributed by atoms with E-state index in [9.17, 15) is 4.79 Å². The van der Waals surface area contributed by atoms with Crippen molar-refractivity contribution in [2.75, 3.05) is 12.4 Å². The maximum absolute atomic E-state index is 15.3. The molecule has 1 N–H and O–H groups in total. The summed E-state index contributed by atoms with van der Waals surface area (Å²) in [5.74, 6) is -0.119. The summed E-state index contributed by atoms with van der Waals surface area (Å²) in [6.45, 7) is 2.58. The number of carbonyl (C=O) groups is 1. The number of benzene rings is 4. The predicted molar refractivity (Wildman–Crippen MR) is 147 cm³/mol. The van der Waals surface area contributed by atoms with E-state index in [4.69, 9.17) is 4.74 Å². The number of hydrogen-bond acceptors (Lipinski definition) is 2. The average Bonchev–Trinajstić information content (AvgIpc) is 3.28. The molecule has 1 heterocycles. The number of aromatic nitrogens is 1. The van der Waals surface area contributed by atoms with Gasteiger partial charge in [-0.15, -0.1) is 0 Å². The Morgan fingerprint density at radius 3 is 2.41 bits per heavy atom. The van der Waals surface area contributed by atoms with Gasteiger partial charge in [0.05, 0.1) is 7.11 Å². The van der Waals surface area contributed by atoms with Crippen molar-refractivity contribution in [2.24, 2.45) is 0 Å². The molecule has 0 spiro atoms. The van der Waals surface area contributed by atoms with Gasteiger partial charge in [0.25, 0.3) is 0 Å². The second kappa shape index (κ2) is 10.7. The average molecular weight is 493 g/mol. The lowest BCUT2D eigenvalue weighted by Gasteiger charge is -2.19. The van der Waals surface area contributed by atoms with Crippen molar-refractivity contribution in [1.29, 1.82) is 0 Å². The van der Waals surface area contributed by atoms with Crippen molar-refractivity contribution in [3.63, 3.8) is 0 Å². The molecule has 0 aliphatic rings. The van der Waals surface area contributed by atoms with Crippen LogP contribution in [0.2, 0.25) is 0 Å². The van der Waals surface area contributed by atoms with E-state index in [1.165, 1.54) is 6.07 Å². The lowest BCUT2D eigenvalue weighted by atomic mass is 9.87. The fraction of sp³-hybridized carbons (Fsp3) is 0.156. The van der Waals surface area contributed by atoms with E-state index < -0.39 is 5.92 Å². The number of fused-ring (bicyclic) bond motifs is 1. The van der Waals surface area contributed by atoms with E-state index in [0.717, 1.165) is 39.0 Å². The summed E-state index contributed by atoms with van der Waals surface area (Å²) in [6, 6.07) is 30.5. The van der Waals surface area contributed by atoms with E-state index in [1.54, 1.807) is 13.2 Å². The largest absolute Gasteiger partial charge is 0.497 e. The molecule has 1 aromatic heterocycles. The lowest BCUT2D eigenvalue weighted by Crippen LogP contribution is -2.17. The first kappa shape index (κ1) is 24.3. The van der Waals surface area contributed by atoms with Gasteiger partial charge in [0.15, 0.2) is 0 Å². The Bertz CT molecular complexity index is 1520. The lowest BCUT2D eigenvalue weighted by molar-refractivity contribution is -0.116. The molecular formula is C32H29FN2O2. The first-order valence-electron chi connectivity index (χ1n) is 12.3. The zero-order valence-corrected chi connectivity index (χ0v) is 20.9. The van der Waals surface area contributed by atoms with Crippen molar-refractivity contribution < 1.29 is 13.9 Å². The monoisotopic (exact) mass is 492 g/mol. The molecule has 0 radical (unpaired) electrons. The second-order valence-electron chi connectivity index (χ2n) is 9.27. The Balaban J connectivity index is 1.56. The molecular weight excluding hydrogens is 463 g/mol. The highest BCUT2D eigenvalue weighted by Gasteiger charge is 2.25. The molecule has 0 aliphatic heterocycles. The van der Waals surface area contributed by atoms with Gasteiger partial charge >= 0.3 is 0 Å². The molecule has 5 heteroatoms. The normalized spacial score (nSPS) is 11.9. The Labute approximate surface area is 216 Å². The van der Waals surface area contributed by atoms with Crippen LogP contribution >= 0.6 is 0 Å². The van der Waals surface area contributed by atoms with Gasteiger partial charge in [0, 0.05) is 41.7 Å². The van der Waals surface area contributed by atoms with Crippen LogP contribution in [0.15, 0.2) is 103 Å². The third-order valence-corrected chi connectivity index (χ3v) is 6.68. The zero-order valence-electron chi connectivity index (χ0n) is 20.9. The van der Waals surface area contributed by atoms with E-state index in [2.05, 4.69) is 22.1 Å². The number of methoxy groups -OCH3 is 1. The zero-order chi connectivity index (χ0) is 25.8. The summed E-state index contributed by atoms with van der Waals surface area (Å²) in [5.41, 5.74) is 5.28. The van der Waals surface area contributed by atoms with Crippen LogP contribution in [0.5, 0.6) is 5.75 Å². The smallest absolute Gasteiger partial charge is 0.225 e. The summed E-state index contributed by atoms with van der Waals surface area (Å²) in [4.78, 5) is 13.2. The third kappa shape index (κ3) is 5.41. The molecule has 0 saturated heterocycles. The Morgan fingerprint density at radius 1 is 0.919 bits per heavy atom. The number of halogens is 1. The van der Waals surface area contributed by atoms with Crippen LogP contribution in [-0.2, 0) is 11.3 Å². The van der Waals surface area contributed by atoms with Crippen LogP contribution in [0.1, 0.15) is 34.6 Å². The number of nitrogens with one attached hydrogen (secondary N) is 1. The van der Waals surface area contributed by atoms with E-state index in [1.807, 2.05) is 85.8 Å². The van der Waals surface area contributed by atoms with Crippen molar-refractivity contribution in [3.05, 3.63) is 131 Å². The number of ether oxygens (including phenoxy) is 1. The van der Waals surface area contributed by atoms with Crippen LogP contribution in [0.3, 0.4) is 0 Å². The number of anilines is 1. The van der Waals surface area contributed by atoms with Gasteiger partial charge in [-0.2, -0.15) is 0 Å². The molecule has 5 aromatic rings. The number of para-hydroxylation sites is 2. The Kier molecular flexibility index (Phi) is 7.04. The summed E-state index contributed by atoms with van der Waals surface area (Å²) >= 11 is 0. The van der Waals surface area contributed by atoms with Crippen molar-refractivity contribution in [3.8, 4) is 5.75 Å². The van der Waals surface area contributed by atoms with E-state index in [0.29, 0.717) is 12.1 Å². The molecule has 4 nitrogen and oxygen atoms in total. The van der Waals surface area contributed by atoms with Crippen molar-refractivity contribution >= 4 is 22.5 Å². The number of hydrogen-bond donors (Lipinski definition) is 1. The number of amides is 1. The van der Waals surface area contributed by atoms with Gasteiger partial charge in [-0.3, -0.25) is 4.79 Å². The molecule has 186 valence electrons. The quantitative estimate of drug-likeness (QED) is 0.247. The summed E-state index contributed by atoms with van der Waals surface area (Å²) in [5, 5.41) is 3.98. The highest BCUT2D eigenvalue weighted by molar-refractivity contribution is 5.93. The van der Waals surface area contributed by atoms with Crippen LogP contribution < -0.4 is 10.1 Å². The van der Waals surface area contributed by atoms with Crippen molar-refractivity contribution in [2.45, 2.75) is 25.8 Å². The molecule has 5 rings (SSSR count). The minimum Gasteiger partial charge on any atom is -0.497 e. The molecule has 1 unspecified atom stereocenters. The minimum atomic E-state index is -0.453. The van der Waals surface area contributed by atoms with Crippen LogP contribution in [0, 0.1) is 12.7 Å². The number of nitrogens with zero attached hydrogens (tertiary/aromatic N) is 1. The number of carbonyl (C=O) groups excluding carboxylic acids is 1. The molecule has 0 fully saturated rings. The number of aryl methyl sites for hydroxylation is 1. The molecule has 4 aromatic carbocycles. The molecule has 0 saturated carbocycles. The summed E-state index contributed by atoms with van der Waals surface area (Å²) in [7, 11) is 1.65. The molecule has 0 bridgehead atoms. The van der Waals surface area contributed by atoms with E-state index in [-0.39, 0.29) is 18.1 Å². The first-order valence-corrected chi connectivity index (χ1v) is 12.3. The molecule has 0 aliphatic carbocycles. The fourth-order valence-corrected chi connectivity index (χ4v) is 4.85. The standard InChI is InChI=1S/C32H29FN2O2/c1-22-12-17-30(33)28(18-22)27(19-32(36)34-24-8-4-3-5-9-24)29-21-35(31-11-7-6-10-26(29)31)20-23-13-15-25(37-2)16-14-23/h3-18,21,27H,19-20H2,1-2H3,(H,34,36). The van der Waals surface area contributed by atoms with Crippen LogP contribution in [0.25, 0.3) is 10.9 Å². The van der Waals surface area contributed by atoms with E-state index >= 15 is 4.39 Å². The van der Waals surface area contributed by atoms with Gasteiger partial charge in [-0.25, -0.2) is 4.39 Å². The maximum atomic E-state index is 15.3. The summed E-state index contributed by atoms with van der Waals surface area (Å²) < 4.78 is 22.7. The van der Waals surface area contributed by atoms with Crippen LogP contribution in [0.4, 0.5) is 10.1 Å². The SMILES string of the molecule is COc1ccc(Cn2cc(C(CC(=O)Nc3ccccc3)c3cc(C)ccc3F)c3ccccc32)cc1. The predicted octanol–water partition coefficient (Wildman–Crippen LogP) is 7.31.